The third-order valence-corrected chi connectivity index (χ3v) is 25.8. The Hall–Kier alpha value is -5.36. The van der Waals surface area contributed by atoms with Crippen LogP contribution in [0.5, 0.6) is 0 Å². The molecule has 8 unspecified atom stereocenters. The average molecular weight is 1340 g/mol. The predicted octanol–water partition coefficient (Wildman–Crippen LogP) is 2.51. The van der Waals surface area contributed by atoms with Gasteiger partial charge in [0.15, 0.2) is 12.6 Å². The zero-order valence-electron chi connectivity index (χ0n) is 55.3. The van der Waals surface area contributed by atoms with Crippen molar-refractivity contribution in [3.8, 4) is 0 Å². The standard InChI is InChI=1S/C41H55N3O13.C30H43NO8/c1-39-13-9-25(19-24(39)4-5-28-27(39)10-14-40(2)26(11-15-41(28,40)53)23-3-8-34(50)55-22-23)56-38-35(37(52)36(51)29(21-45)57-38)43-30(46)12-17-54-18-16-42-31(47)20-44-32(48)6-7-33(44)49;1-28-10-7-18(38-27-24(31)26(35)25(34)22(14-32)39-27)13-17(28)4-5-21-20(28)8-11-29(2)19(9-12-30(21,29)36)16-3-6-23(33)37-15-16/h3,6-8,19,22,25-29,35-38,45,51-53H,4-5,9-18,20-21H2,1-2H3,(H,42,47)(H,43,46);3,6,13,15,18-22,24-27,32,34-36H,4-5,7-12,14,31H2,1-2H3/t25-,26+,27?,28?,29?,35?,36+,37+,38+,39-,40+,41-;18-,19+,20?,21?,22?,24?,25+,26+,27+,28-,29+,30-/m00/s1. The molecule has 24 atom stereocenters. The van der Waals surface area contributed by atoms with Crippen LogP contribution in [0.3, 0.4) is 0 Å². The molecule has 25 nitrogen and oxygen atoms in total. The minimum absolute atomic E-state index is 0.0273. The summed E-state index contributed by atoms with van der Waals surface area (Å²) in [5, 5.41) is 91.9. The number of ether oxygens (including phenoxy) is 5. The second kappa shape index (κ2) is 27.6. The lowest BCUT2D eigenvalue weighted by atomic mass is 9.45. The first-order valence-electron chi connectivity index (χ1n) is 34.7. The first kappa shape index (κ1) is 70.5. The molecule has 0 spiro atoms. The molecule has 0 bridgehead atoms. The number of allylic oxidation sites excluding steroid dienone is 2. The molecule has 25 heteroatoms. The van der Waals surface area contributed by atoms with Crippen molar-refractivity contribution in [2.24, 2.45) is 51.1 Å². The van der Waals surface area contributed by atoms with E-state index in [4.69, 9.17) is 38.3 Å². The van der Waals surface area contributed by atoms with Crippen molar-refractivity contribution in [3.63, 3.8) is 0 Å². The van der Waals surface area contributed by atoms with Crippen molar-refractivity contribution >= 4 is 23.6 Å². The lowest BCUT2D eigenvalue weighted by Crippen LogP contribution is -2.65. The number of nitrogens with one attached hydrogen (secondary N) is 2. The Morgan fingerprint density at radius 2 is 1.08 bits per heavy atom. The van der Waals surface area contributed by atoms with E-state index in [2.05, 4.69) is 50.5 Å². The van der Waals surface area contributed by atoms with Gasteiger partial charge in [-0.1, -0.05) is 51.0 Å². The van der Waals surface area contributed by atoms with Gasteiger partial charge in [-0.25, -0.2) is 9.59 Å². The summed E-state index contributed by atoms with van der Waals surface area (Å²) < 4.78 is 40.2. The lowest BCUT2D eigenvalue weighted by molar-refractivity contribution is -0.279. The third-order valence-electron chi connectivity index (χ3n) is 25.8. The number of aliphatic hydroxyl groups is 8. The Bertz CT molecular complexity index is 3370. The van der Waals surface area contributed by atoms with Crippen LogP contribution < -0.4 is 27.6 Å². The van der Waals surface area contributed by atoms with Crippen LogP contribution in [0.4, 0.5) is 0 Å². The fraction of sp³-hybridized carbons (Fsp3) is 0.718. The molecular formula is C71H98N4O21. The predicted molar refractivity (Wildman–Crippen MR) is 341 cm³/mol. The second-order valence-corrected chi connectivity index (χ2v) is 30.3. The number of nitrogens with zero attached hydrogens (tertiary/aromatic N) is 1. The van der Waals surface area contributed by atoms with Crippen LogP contribution in [-0.4, -0.2) is 194 Å². The fourth-order valence-electron chi connectivity index (χ4n) is 20.2. The minimum Gasteiger partial charge on any atom is -0.431 e. The van der Waals surface area contributed by atoms with E-state index >= 15 is 0 Å². The van der Waals surface area contributed by atoms with Crippen LogP contribution in [0.2, 0.25) is 0 Å². The second-order valence-electron chi connectivity index (χ2n) is 30.3. The summed E-state index contributed by atoms with van der Waals surface area (Å²) in [4.78, 5) is 72.4. The van der Waals surface area contributed by atoms with Crippen LogP contribution in [0.1, 0.15) is 160 Å². The van der Waals surface area contributed by atoms with Gasteiger partial charge in [-0.05, 0) is 172 Å². The van der Waals surface area contributed by atoms with E-state index in [1.165, 1.54) is 23.3 Å². The molecule has 2 aromatic rings. The van der Waals surface area contributed by atoms with Gasteiger partial charge in [0.2, 0.25) is 11.8 Å². The maximum atomic E-state index is 13.0. The maximum Gasteiger partial charge on any atom is 0.335 e. The third kappa shape index (κ3) is 12.6. The summed E-state index contributed by atoms with van der Waals surface area (Å²) in [7, 11) is 0. The molecule has 5 heterocycles. The van der Waals surface area contributed by atoms with Crippen LogP contribution in [0.15, 0.2) is 90.7 Å². The highest BCUT2D eigenvalue weighted by Crippen LogP contribution is 2.72. The summed E-state index contributed by atoms with van der Waals surface area (Å²) >= 11 is 0. The fourth-order valence-corrected chi connectivity index (χ4v) is 20.2. The number of amides is 4. The molecule has 4 amide bonds. The van der Waals surface area contributed by atoms with Gasteiger partial charge in [0.05, 0.1) is 68.4 Å². The number of carbonyl (C=O) groups is 4. The molecule has 96 heavy (non-hydrogen) atoms. The summed E-state index contributed by atoms with van der Waals surface area (Å²) in [6.45, 7) is 7.79. The first-order valence-corrected chi connectivity index (χ1v) is 34.7. The maximum absolute atomic E-state index is 13.0. The highest BCUT2D eigenvalue weighted by atomic mass is 16.7. The number of carbonyl (C=O) groups excluding carboxylic acids is 4. The van der Waals surface area contributed by atoms with Gasteiger partial charge in [0, 0.05) is 48.1 Å². The highest BCUT2D eigenvalue weighted by molar-refractivity contribution is 6.14. The number of hydrogen-bond acceptors (Lipinski definition) is 22. The number of imide groups is 1. The van der Waals surface area contributed by atoms with Gasteiger partial charge >= 0.3 is 11.3 Å². The van der Waals surface area contributed by atoms with Crippen molar-refractivity contribution in [2.75, 3.05) is 39.5 Å². The van der Waals surface area contributed by atoms with Crippen LogP contribution >= 0.6 is 0 Å². The summed E-state index contributed by atoms with van der Waals surface area (Å²) in [5.41, 5.74) is 7.55. The smallest absolute Gasteiger partial charge is 0.335 e. The topological polar surface area (TPSA) is 390 Å². The molecule has 11 aliphatic rings. The highest BCUT2D eigenvalue weighted by Gasteiger charge is 2.69. The van der Waals surface area contributed by atoms with E-state index in [1.54, 1.807) is 12.5 Å². The Kier molecular flexibility index (Phi) is 20.3. The number of rotatable bonds is 17. The average Bonchev–Trinajstić information content (AvgIpc) is 1.44. The molecule has 0 radical (unpaired) electrons. The summed E-state index contributed by atoms with van der Waals surface area (Å²) in [6, 6.07) is 4.59. The van der Waals surface area contributed by atoms with Crippen molar-refractivity contribution in [1.29, 1.82) is 0 Å². The van der Waals surface area contributed by atoms with Gasteiger partial charge in [-0.3, -0.25) is 24.1 Å². The minimum atomic E-state index is -1.50. The Balaban J connectivity index is 0.000000196. The van der Waals surface area contributed by atoms with E-state index in [-0.39, 0.29) is 94.8 Å². The number of hydrogen-bond donors (Lipinski definition) is 11. The van der Waals surface area contributed by atoms with Crippen molar-refractivity contribution in [2.45, 2.75) is 233 Å². The normalized spacial score (nSPS) is 43.0. The van der Waals surface area contributed by atoms with Crippen molar-refractivity contribution < 1.29 is 92.5 Å². The Labute approximate surface area is 557 Å². The molecule has 0 aromatic carbocycles. The van der Waals surface area contributed by atoms with E-state index in [0.29, 0.717) is 18.8 Å². The molecule has 12 N–H and O–H groups in total. The number of nitrogens with two attached hydrogens (primary N) is 1. The van der Waals surface area contributed by atoms with Gasteiger partial charge in [0.25, 0.3) is 11.8 Å². The van der Waals surface area contributed by atoms with E-state index in [1.807, 2.05) is 12.1 Å². The summed E-state index contributed by atoms with van der Waals surface area (Å²) in [5.74, 6) is -0.954. The molecular weight excluding hydrogens is 1240 g/mol. The molecule has 528 valence electrons. The largest absolute Gasteiger partial charge is 0.431 e. The van der Waals surface area contributed by atoms with Crippen LogP contribution in [0.25, 0.3) is 0 Å². The number of fused-ring (bicyclic) bond motifs is 10. The zero-order chi connectivity index (χ0) is 68.4. The first-order chi connectivity index (χ1) is 45.7. The molecule has 6 saturated carbocycles. The number of aliphatic hydroxyl groups excluding tert-OH is 6. The van der Waals surface area contributed by atoms with Gasteiger partial charge in [-0.2, -0.15) is 0 Å². The lowest BCUT2D eigenvalue weighted by Gasteiger charge is -2.62. The van der Waals surface area contributed by atoms with Crippen molar-refractivity contribution in [3.05, 3.63) is 104 Å². The zero-order valence-corrected chi connectivity index (χ0v) is 55.3. The molecule has 8 fully saturated rings. The van der Waals surface area contributed by atoms with E-state index in [9.17, 15) is 69.6 Å². The Morgan fingerprint density at radius 1 is 0.594 bits per heavy atom. The van der Waals surface area contributed by atoms with E-state index < -0.39 is 122 Å². The monoisotopic (exact) mass is 1340 g/mol. The molecule has 13 rings (SSSR count). The van der Waals surface area contributed by atoms with Gasteiger partial charge in [-0.15, -0.1) is 0 Å². The molecule has 3 aliphatic heterocycles. The summed E-state index contributed by atoms with van der Waals surface area (Å²) in [6.07, 6.45) is 12.7. The molecule has 8 aliphatic carbocycles. The van der Waals surface area contributed by atoms with Gasteiger partial charge in [0.1, 0.15) is 49.2 Å². The van der Waals surface area contributed by atoms with Crippen LogP contribution in [-0.2, 0) is 42.9 Å². The van der Waals surface area contributed by atoms with Gasteiger partial charge < -0.3 is 89.7 Å². The quantitative estimate of drug-likeness (QED) is 0.0616. The SMILES string of the molecule is C[C@]12CC[C@H](O[C@@H]3OC(CO)[C@@H](O)[C@H](O)C3N)C=C1CCC1C2CC[C@]2(C)[C@@H](c3ccc(=O)oc3)CC[C@]12O.C[C@]12CC[C@H](O[C@@H]3OC(CO)[C@@H](O)[C@H](O)C3NC(=O)CCOCCNC(=O)CN3C(=O)C=CC3=O)C=C1CCC1C2CC[C@]2(C)[C@@H](c3ccc(=O)oc3)CC[C@]12O. The molecule has 2 saturated heterocycles. The molecule has 2 aromatic heterocycles. The van der Waals surface area contributed by atoms with Crippen LogP contribution in [0, 0.1) is 45.3 Å². The van der Waals surface area contributed by atoms with Crippen molar-refractivity contribution in [1.82, 2.24) is 15.5 Å². The van der Waals surface area contributed by atoms with E-state index in [0.717, 1.165) is 118 Å². The Morgan fingerprint density at radius 3 is 1.57 bits per heavy atom.